The summed E-state index contributed by atoms with van der Waals surface area (Å²) >= 11 is 0. The van der Waals surface area contributed by atoms with Crippen LogP contribution in [-0.2, 0) is 14.4 Å². The summed E-state index contributed by atoms with van der Waals surface area (Å²) in [5.41, 5.74) is 5.16. The van der Waals surface area contributed by atoms with E-state index >= 15 is 0 Å². The lowest BCUT2D eigenvalue weighted by Gasteiger charge is -2.30. The minimum absolute atomic E-state index is 0.0550. The van der Waals surface area contributed by atoms with Crippen LogP contribution in [0.2, 0.25) is 0 Å². The first-order chi connectivity index (χ1) is 12.2. The molecule has 128 valence electrons. The summed E-state index contributed by atoms with van der Waals surface area (Å²) in [6, 6.07) is 16.2. The zero-order valence-electron chi connectivity index (χ0n) is 14.1. The molecule has 1 aliphatic carbocycles. The first-order valence-corrected chi connectivity index (χ1v) is 8.52. The Labute approximate surface area is 146 Å². The van der Waals surface area contributed by atoms with E-state index in [1.54, 1.807) is 4.90 Å². The molecule has 5 nitrogen and oxygen atoms in total. The third-order valence-electron chi connectivity index (χ3n) is 4.59. The summed E-state index contributed by atoms with van der Waals surface area (Å²) in [6.07, 6.45) is 0.0672. The molecule has 0 unspecified atom stereocenters. The topological polar surface area (TPSA) is 51.1 Å². The van der Waals surface area contributed by atoms with Crippen LogP contribution >= 0.6 is 0 Å². The minimum Gasteiger partial charge on any atom is -0.385 e. The van der Waals surface area contributed by atoms with Gasteiger partial charge in [-0.3, -0.25) is 4.79 Å². The molecule has 2 aromatic carbocycles. The second-order valence-corrected chi connectivity index (χ2v) is 6.33. The van der Waals surface area contributed by atoms with E-state index < -0.39 is 0 Å². The van der Waals surface area contributed by atoms with Gasteiger partial charge in [0.05, 0.1) is 12.7 Å². The van der Waals surface area contributed by atoms with Crippen molar-refractivity contribution in [2.75, 3.05) is 26.3 Å². The largest absolute Gasteiger partial charge is 0.385 e. The number of carbonyl (C=O) groups excluding carboxylic acids is 1. The Bertz CT molecular complexity index is 784. The highest BCUT2D eigenvalue weighted by atomic mass is 16.6. The van der Waals surface area contributed by atoms with Gasteiger partial charge in [0, 0.05) is 24.2 Å². The van der Waals surface area contributed by atoms with E-state index in [-0.39, 0.29) is 18.6 Å². The number of ether oxygens (including phenoxy) is 1. The van der Waals surface area contributed by atoms with Crippen molar-refractivity contribution < 1.29 is 14.4 Å². The van der Waals surface area contributed by atoms with Crippen molar-refractivity contribution in [1.82, 2.24) is 4.90 Å². The minimum atomic E-state index is -0.0564. The molecule has 0 radical (unpaired) electrons. The van der Waals surface area contributed by atoms with Gasteiger partial charge in [-0.1, -0.05) is 53.7 Å². The molecule has 0 bridgehead atoms. The number of oxime groups is 1. The van der Waals surface area contributed by atoms with E-state index in [2.05, 4.69) is 17.3 Å². The average molecular weight is 336 g/mol. The zero-order valence-corrected chi connectivity index (χ0v) is 14.1. The molecule has 1 heterocycles. The van der Waals surface area contributed by atoms with Gasteiger partial charge in [-0.05, 0) is 18.1 Å². The summed E-state index contributed by atoms with van der Waals surface area (Å²) in [5, 5.41) is 4.30. The van der Waals surface area contributed by atoms with E-state index in [0.29, 0.717) is 19.7 Å². The molecule has 0 spiro atoms. The normalized spacial score (nSPS) is 18.5. The smallest absolute Gasteiger partial charge is 0.263 e. The standard InChI is InChI=1S/C20H20N2O3/c1-14-12-22(10-11-24-14)19(23)13-25-21-20-17-8-4-2-6-15(17)16-7-3-5-9-18(16)20/h2-9,14H,10-13H2,1H3/t14-/m0/s1. The van der Waals surface area contributed by atoms with Gasteiger partial charge < -0.3 is 14.5 Å². The Balaban J connectivity index is 1.51. The van der Waals surface area contributed by atoms with Crippen molar-refractivity contribution in [3.05, 3.63) is 59.7 Å². The fraction of sp³-hybridized carbons (Fsp3) is 0.300. The van der Waals surface area contributed by atoms with Crippen molar-refractivity contribution in [3.8, 4) is 11.1 Å². The Morgan fingerprint density at radius 3 is 2.32 bits per heavy atom. The number of morpholine rings is 1. The number of carbonyl (C=O) groups is 1. The Hall–Kier alpha value is -2.66. The van der Waals surface area contributed by atoms with Crippen LogP contribution in [0.15, 0.2) is 53.7 Å². The van der Waals surface area contributed by atoms with Crippen LogP contribution in [-0.4, -0.2) is 48.9 Å². The molecular formula is C20H20N2O3. The summed E-state index contributed by atoms with van der Waals surface area (Å²) in [4.78, 5) is 19.5. The molecule has 1 atom stereocenters. The van der Waals surface area contributed by atoms with Crippen molar-refractivity contribution in [3.63, 3.8) is 0 Å². The fourth-order valence-corrected chi connectivity index (χ4v) is 3.38. The maximum atomic E-state index is 12.3. The molecule has 25 heavy (non-hydrogen) atoms. The maximum absolute atomic E-state index is 12.3. The van der Waals surface area contributed by atoms with E-state index in [9.17, 15) is 4.79 Å². The SMILES string of the molecule is C[C@H]1CN(C(=O)CON=C2c3ccccc3-c3ccccc32)CCO1. The highest BCUT2D eigenvalue weighted by molar-refractivity contribution is 6.24. The third kappa shape index (κ3) is 3.03. The number of hydrogen-bond acceptors (Lipinski definition) is 4. The number of nitrogens with zero attached hydrogens (tertiary/aromatic N) is 2. The molecule has 5 heteroatoms. The van der Waals surface area contributed by atoms with Gasteiger partial charge in [-0.2, -0.15) is 0 Å². The van der Waals surface area contributed by atoms with E-state index in [4.69, 9.17) is 9.57 Å². The summed E-state index contributed by atoms with van der Waals surface area (Å²) in [5.74, 6) is -0.0564. The first-order valence-electron chi connectivity index (χ1n) is 8.52. The molecule has 0 aromatic heterocycles. The molecule has 4 rings (SSSR count). The number of benzene rings is 2. The van der Waals surface area contributed by atoms with Crippen molar-refractivity contribution in [1.29, 1.82) is 0 Å². The summed E-state index contributed by atoms with van der Waals surface area (Å²) in [6.45, 7) is 3.69. The predicted molar refractivity (Wildman–Crippen MR) is 95.5 cm³/mol. The van der Waals surface area contributed by atoms with Gasteiger partial charge in [0.25, 0.3) is 5.91 Å². The van der Waals surface area contributed by atoms with Crippen LogP contribution in [0.1, 0.15) is 18.1 Å². The average Bonchev–Trinajstić information content (AvgIpc) is 2.96. The molecule has 2 aromatic rings. The Kier molecular flexibility index (Phi) is 4.24. The van der Waals surface area contributed by atoms with Crippen molar-refractivity contribution in [2.45, 2.75) is 13.0 Å². The predicted octanol–water partition coefficient (Wildman–Crippen LogP) is 2.68. The van der Waals surface area contributed by atoms with E-state index in [0.717, 1.165) is 28.0 Å². The zero-order chi connectivity index (χ0) is 17.2. The van der Waals surface area contributed by atoms with Crippen LogP contribution in [0.4, 0.5) is 0 Å². The molecule has 1 aliphatic heterocycles. The van der Waals surface area contributed by atoms with Gasteiger partial charge >= 0.3 is 0 Å². The van der Waals surface area contributed by atoms with Crippen LogP contribution in [0.25, 0.3) is 11.1 Å². The van der Waals surface area contributed by atoms with Gasteiger partial charge in [-0.15, -0.1) is 0 Å². The summed E-state index contributed by atoms with van der Waals surface area (Å²) < 4.78 is 5.46. The second-order valence-electron chi connectivity index (χ2n) is 6.33. The Morgan fingerprint density at radius 1 is 1.12 bits per heavy atom. The fourth-order valence-electron chi connectivity index (χ4n) is 3.38. The van der Waals surface area contributed by atoms with Gasteiger partial charge in [-0.25, -0.2) is 0 Å². The lowest BCUT2D eigenvalue weighted by molar-refractivity contribution is -0.142. The molecule has 0 saturated carbocycles. The van der Waals surface area contributed by atoms with Gasteiger partial charge in [0.2, 0.25) is 0 Å². The highest BCUT2D eigenvalue weighted by Gasteiger charge is 2.25. The number of rotatable bonds is 3. The van der Waals surface area contributed by atoms with Crippen LogP contribution < -0.4 is 0 Å². The highest BCUT2D eigenvalue weighted by Crippen LogP contribution is 2.36. The number of hydrogen-bond donors (Lipinski definition) is 0. The van der Waals surface area contributed by atoms with Crippen LogP contribution in [0, 0.1) is 0 Å². The maximum Gasteiger partial charge on any atom is 0.263 e. The van der Waals surface area contributed by atoms with Crippen LogP contribution in [0.5, 0.6) is 0 Å². The summed E-state index contributed by atoms with van der Waals surface area (Å²) in [7, 11) is 0. The van der Waals surface area contributed by atoms with Crippen molar-refractivity contribution in [2.24, 2.45) is 5.16 Å². The number of amides is 1. The molecular weight excluding hydrogens is 316 g/mol. The molecule has 0 N–H and O–H groups in total. The molecule has 1 fully saturated rings. The Morgan fingerprint density at radius 2 is 1.72 bits per heavy atom. The van der Waals surface area contributed by atoms with E-state index in [1.807, 2.05) is 43.3 Å². The molecule has 1 saturated heterocycles. The first kappa shape index (κ1) is 15.8. The number of fused-ring (bicyclic) bond motifs is 3. The van der Waals surface area contributed by atoms with E-state index in [1.165, 1.54) is 0 Å². The molecule has 1 amide bonds. The van der Waals surface area contributed by atoms with Crippen molar-refractivity contribution >= 4 is 11.6 Å². The lowest BCUT2D eigenvalue weighted by Crippen LogP contribution is -2.45. The quantitative estimate of drug-likeness (QED) is 0.691. The second kappa shape index (κ2) is 6.69. The van der Waals surface area contributed by atoms with Crippen LogP contribution in [0.3, 0.4) is 0 Å². The van der Waals surface area contributed by atoms with Gasteiger partial charge in [0.1, 0.15) is 5.71 Å². The van der Waals surface area contributed by atoms with Gasteiger partial charge in [0.15, 0.2) is 6.61 Å². The lowest BCUT2D eigenvalue weighted by atomic mass is 10.1. The monoisotopic (exact) mass is 336 g/mol. The molecule has 2 aliphatic rings. The third-order valence-corrected chi connectivity index (χ3v) is 4.59.